The molecule has 1 aromatic carbocycles. The summed E-state index contributed by atoms with van der Waals surface area (Å²) in [6, 6.07) is 8.26. The van der Waals surface area contributed by atoms with Crippen molar-refractivity contribution >= 4 is 11.8 Å². The van der Waals surface area contributed by atoms with E-state index in [1.165, 1.54) is 5.56 Å². The largest absolute Gasteiger partial charge is 0.497 e. The number of amides is 2. The molecular weight excluding hydrogens is 366 g/mol. The van der Waals surface area contributed by atoms with Crippen LogP contribution in [0.1, 0.15) is 38.7 Å². The standard InChI is InChI=1S/C23H33N3O3/c1-4-25-14-11-23(21(25)28)17-26(18(2)27)16-22(23)9-12-24(13-10-22)15-19-5-7-20(29-3)8-6-19/h5-8H,4,9-17H2,1-3H3/t23-/m0/s1. The Balaban J connectivity index is 1.50. The third-order valence-electron chi connectivity index (χ3n) is 7.68. The van der Waals surface area contributed by atoms with E-state index in [1.54, 1.807) is 14.0 Å². The summed E-state index contributed by atoms with van der Waals surface area (Å²) < 4.78 is 5.25. The van der Waals surface area contributed by atoms with Crippen LogP contribution in [0.4, 0.5) is 0 Å². The van der Waals surface area contributed by atoms with Gasteiger partial charge in [-0.15, -0.1) is 0 Å². The summed E-state index contributed by atoms with van der Waals surface area (Å²) in [5.74, 6) is 1.26. The molecule has 2 amide bonds. The maximum atomic E-state index is 13.4. The van der Waals surface area contributed by atoms with Gasteiger partial charge < -0.3 is 14.5 Å². The van der Waals surface area contributed by atoms with Crippen molar-refractivity contribution in [2.75, 3.05) is 46.4 Å². The van der Waals surface area contributed by atoms with Gasteiger partial charge >= 0.3 is 0 Å². The molecule has 1 aromatic rings. The van der Waals surface area contributed by atoms with Crippen molar-refractivity contribution in [3.8, 4) is 5.75 Å². The van der Waals surface area contributed by atoms with E-state index in [1.807, 2.05) is 21.9 Å². The first-order valence-electron chi connectivity index (χ1n) is 10.8. The molecule has 3 aliphatic heterocycles. The summed E-state index contributed by atoms with van der Waals surface area (Å²) in [4.78, 5) is 32.0. The van der Waals surface area contributed by atoms with Gasteiger partial charge in [0.15, 0.2) is 0 Å². The van der Waals surface area contributed by atoms with Crippen LogP contribution in [0.25, 0.3) is 0 Å². The Kier molecular flexibility index (Phi) is 5.32. The van der Waals surface area contributed by atoms with E-state index >= 15 is 0 Å². The van der Waals surface area contributed by atoms with E-state index in [9.17, 15) is 9.59 Å². The van der Waals surface area contributed by atoms with Crippen molar-refractivity contribution in [2.24, 2.45) is 10.8 Å². The SMILES string of the molecule is CCN1CC[C@]2(CN(C(C)=O)CC23CCN(Cc2ccc(OC)cc2)CC3)C1=O. The molecule has 3 saturated heterocycles. The van der Waals surface area contributed by atoms with Crippen LogP contribution in [0.2, 0.25) is 0 Å². The quantitative estimate of drug-likeness (QED) is 0.780. The third kappa shape index (κ3) is 3.31. The normalized spacial score (nSPS) is 26.7. The summed E-state index contributed by atoms with van der Waals surface area (Å²) >= 11 is 0. The first-order valence-corrected chi connectivity index (χ1v) is 10.8. The zero-order valence-electron chi connectivity index (χ0n) is 17.9. The molecule has 0 aromatic heterocycles. The molecule has 0 aliphatic carbocycles. The van der Waals surface area contributed by atoms with Gasteiger partial charge in [0.1, 0.15) is 5.75 Å². The Bertz CT molecular complexity index is 770. The highest BCUT2D eigenvalue weighted by atomic mass is 16.5. The number of hydrogen-bond acceptors (Lipinski definition) is 4. The fourth-order valence-electron chi connectivity index (χ4n) is 5.83. The number of carbonyl (C=O) groups excluding carboxylic acids is 2. The number of methoxy groups -OCH3 is 1. The Morgan fingerprint density at radius 3 is 2.31 bits per heavy atom. The molecular formula is C23H33N3O3. The molecule has 2 spiro atoms. The maximum absolute atomic E-state index is 13.4. The van der Waals surface area contributed by atoms with Crippen molar-refractivity contribution in [1.82, 2.24) is 14.7 Å². The number of benzene rings is 1. The Morgan fingerprint density at radius 2 is 1.76 bits per heavy atom. The van der Waals surface area contributed by atoms with Crippen LogP contribution < -0.4 is 4.74 Å². The predicted molar refractivity (Wildman–Crippen MR) is 111 cm³/mol. The maximum Gasteiger partial charge on any atom is 0.231 e. The summed E-state index contributed by atoms with van der Waals surface area (Å²) in [6.45, 7) is 9.49. The van der Waals surface area contributed by atoms with Gasteiger partial charge in [0.25, 0.3) is 0 Å². The van der Waals surface area contributed by atoms with Crippen molar-refractivity contribution in [3.05, 3.63) is 29.8 Å². The Labute approximate surface area is 173 Å². The molecule has 29 heavy (non-hydrogen) atoms. The number of nitrogens with zero attached hydrogens (tertiary/aromatic N) is 3. The molecule has 6 heteroatoms. The zero-order chi connectivity index (χ0) is 20.6. The zero-order valence-corrected chi connectivity index (χ0v) is 17.9. The summed E-state index contributed by atoms with van der Waals surface area (Å²) in [6.07, 6.45) is 2.86. The highest BCUT2D eigenvalue weighted by Crippen LogP contribution is 2.57. The minimum atomic E-state index is -0.374. The lowest BCUT2D eigenvalue weighted by atomic mass is 9.60. The highest BCUT2D eigenvalue weighted by molar-refractivity contribution is 5.88. The van der Waals surface area contributed by atoms with E-state index in [4.69, 9.17) is 4.74 Å². The minimum Gasteiger partial charge on any atom is -0.497 e. The van der Waals surface area contributed by atoms with Gasteiger partial charge in [-0.3, -0.25) is 14.5 Å². The minimum absolute atomic E-state index is 0.0733. The number of rotatable bonds is 4. The van der Waals surface area contributed by atoms with E-state index in [-0.39, 0.29) is 22.6 Å². The average molecular weight is 400 g/mol. The van der Waals surface area contributed by atoms with Gasteiger partial charge in [-0.25, -0.2) is 0 Å². The van der Waals surface area contributed by atoms with Gasteiger partial charge in [0.05, 0.1) is 12.5 Å². The van der Waals surface area contributed by atoms with Crippen molar-refractivity contribution < 1.29 is 14.3 Å². The fraction of sp³-hybridized carbons (Fsp3) is 0.652. The molecule has 0 unspecified atom stereocenters. The molecule has 6 nitrogen and oxygen atoms in total. The highest BCUT2D eigenvalue weighted by Gasteiger charge is 2.65. The van der Waals surface area contributed by atoms with Gasteiger partial charge in [-0.2, -0.15) is 0 Å². The van der Waals surface area contributed by atoms with Crippen LogP contribution in [0.5, 0.6) is 5.75 Å². The lowest BCUT2D eigenvalue weighted by Gasteiger charge is -2.46. The van der Waals surface area contributed by atoms with Crippen LogP contribution >= 0.6 is 0 Å². The van der Waals surface area contributed by atoms with E-state index in [0.29, 0.717) is 6.54 Å². The first kappa shape index (κ1) is 20.2. The topological polar surface area (TPSA) is 53.1 Å². The van der Waals surface area contributed by atoms with Gasteiger partial charge in [0, 0.05) is 45.1 Å². The summed E-state index contributed by atoms with van der Waals surface area (Å²) in [5.41, 5.74) is 0.832. The van der Waals surface area contributed by atoms with Gasteiger partial charge in [-0.05, 0) is 57.0 Å². The van der Waals surface area contributed by atoms with Crippen LogP contribution in [0, 0.1) is 10.8 Å². The fourth-order valence-corrected chi connectivity index (χ4v) is 5.83. The number of likely N-dealkylation sites (tertiary alicyclic amines) is 3. The molecule has 3 heterocycles. The number of fused-ring (bicyclic) bond motifs is 1. The lowest BCUT2D eigenvalue weighted by Crippen LogP contribution is -2.52. The lowest BCUT2D eigenvalue weighted by molar-refractivity contribution is -0.142. The predicted octanol–water partition coefficient (Wildman–Crippen LogP) is 2.38. The summed E-state index contributed by atoms with van der Waals surface area (Å²) in [7, 11) is 1.69. The second-order valence-corrected chi connectivity index (χ2v) is 9.00. The molecule has 4 rings (SSSR count). The molecule has 158 valence electrons. The Morgan fingerprint density at radius 1 is 1.07 bits per heavy atom. The van der Waals surface area contributed by atoms with E-state index in [2.05, 4.69) is 24.0 Å². The first-order chi connectivity index (χ1) is 13.9. The molecule has 0 radical (unpaired) electrons. The second-order valence-electron chi connectivity index (χ2n) is 9.00. The molecule has 1 atom stereocenters. The third-order valence-corrected chi connectivity index (χ3v) is 7.68. The van der Waals surface area contributed by atoms with Gasteiger partial charge in [0.2, 0.25) is 11.8 Å². The molecule has 0 N–H and O–H groups in total. The van der Waals surface area contributed by atoms with Crippen LogP contribution in [-0.4, -0.2) is 72.9 Å². The van der Waals surface area contributed by atoms with Crippen LogP contribution in [0.15, 0.2) is 24.3 Å². The van der Waals surface area contributed by atoms with Crippen LogP contribution in [-0.2, 0) is 16.1 Å². The number of ether oxygens (including phenoxy) is 1. The summed E-state index contributed by atoms with van der Waals surface area (Å²) in [5, 5.41) is 0. The number of piperidine rings is 1. The second kappa shape index (κ2) is 7.63. The Hall–Kier alpha value is -2.08. The van der Waals surface area contributed by atoms with Crippen molar-refractivity contribution in [2.45, 2.75) is 39.7 Å². The molecule has 3 fully saturated rings. The molecule has 0 saturated carbocycles. The molecule has 3 aliphatic rings. The van der Waals surface area contributed by atoms with Crippen molar-refractivity contribution in [1.29, 1.82) is 0 Å². The smallest absolute Gasteiger partial charge is 0.231 e. The van der Waals surface area contributed by atoms with E-state index < -0.39 is 0 Å². The monoisotopic (exact) mass is 399 g/mol. The number of carbonyl (C=O) groups is 2. The van der Waals surface area contributed by atoms with Crippen molar-refractivity contribution in [3.63, 3.8) is 0 Å². The van der Waals surface area contributed by atoms with E-state index in [0.717, 1.165) is 64.3 Å². The van der Waals surface area contributed by atoms with Gasteiger partial charge in [-0.1, -0.05) is 12.1 Å². The average Bonchev–Trinajstić information content (AvgIpc) is 3.23. The molecule has 0 bridgehead atoms. The number of hydrogen-bond donors (Lipinski definition) is 0. The van der Waals surface area contributed by atoms with Crippen LogP contribution in [0.3, 0.4) is 0 Å².